The Bertz CT molecular complexity index is 920. The lowest BCUT2D eigenvalue weighted by Gasteiger charge is -2.09. The van der Waals surface area contributed by atoms with E-state index in [0.717, 1.165) is 16.7 Å². The van der Waals surface area contributed by atoms with E-state index in [1.54, 1.807) is 22.9 Å². The average molecular weight is 359 g/mol. The smallest absolute Gasteiger partial charge is 0.309 e. The molecule has 0 amide bonds. The van der Waals surface area contributed by atoms with Gasteiger partial charge in [-0.1, -0.05) is 23.7 Å². The van der Waals surface area contributed by atoms with Crippen LogP contribution in [0.4, 0.5) is 4.39 Å². The SMILES string of the molecule is CC(=O)Oc1cc(-c2ccc(F)cc2)n(Cc2ccc(C)c(Cl)c2)n1. The standard InChI is InChI=1S/C19H16ClFN2O2/c1-12-3-4-14(9-17(12)20)11-23-18(10-19(22-23)25-13(2)24)15-5-7-16(21)8-6-15/h3-10H,11H2,1-2H3. The first-order chi connectivity index (χ1) is 11.9. The molecule has 128 valence electrons. The molecule has 6 heteroatoms. The van der Waals surface area contributed by atoms with Gasteiger partial charge >= 0.3 is 5.97 Å². The first kappa shape index (κ1) is 17.2. The van der Waals surface area contributed by atoms with Crippen molar-refractivity contribution >= 4 is 17.6 Å². The highest BCUT2D eigenvalue weighted by Crippen LogP contribution is 2.26. The maximum absolute atomic E-state index is 13.2. The Morgan fingerprint density at radius 3 is 2.56 bits per heavy atom. The Hall–Kier alpha value is -2.66. The lowest BCUT2D eigenvalue weighted by atomic mass is 10.1. The normalized spacial score (nSPS) is 10.7. The molecule has 3 aromatic rings. The number of benzene rings is 2. The van der Waals surface area contributed by atoms with E-state index in [4.69, 9.17) is 16.3 Å². The molecule has 0 radical (unpaired) electrons. The van der Waals surface area contributed by atoms with Gasteiger partial charge in [-0.25, -0.2) is 4.39 Å². The second kappa shape index (κ2) is 7.07. The van der Waals surface area contributed by atoms with Crippen molar-refractivity contribution in [1.29, 1.82) is 0 Å². The van der Waals surface area contributed by atoms with Crippen molar-refractivity contribution < 1.29 is 13.9 Å². The molecule has 0 aliphatic carbocycles. The number of nitrogens with zero attached hydrogens (tertiary/aromatic N) is 2. The zero-order chi connectivity index (χ0) is 18.0. The van der Waals surface area contributed by atoms with E-state index in [1.807, 2.05) is 25.1 Å². The molecule has 0 N–H and O–H groups in total. The summed E-state index contributed by atoms with van der Waals surface area (Å²) in [6, 6.07) is 13.5. The molecule has 0 saturated heterocycles. The number of aryl methyl sites for hydroxylation is 1. The summed E-state index contributed by atoms with van der Waals surface area (Å²) in [6.45, 7) is 3.69. The van der Waals surface area contributed by atoms with Crippen LogP contribution in [0, 0.1) is 12.7 Å². The molecule has 0 unspecified atom stereocenters. The number of aromatic nitrogens is 2. The van der Waals surface area contributed by atoms with Crippen LogP contribution in [-0.2, 0) is 11.3 Å². The monoisotopic (exact) mass is 358 g/mol. The number of ether oxygens (including phenoxy) is 1. The van der Waals surface area contributed by atoms with Crippen LogP contribution in [0.25, 0.3) is 11.3 Å². The van der Waals surface area contributed by atoms with Crippen LogP contribution in [0.1, 0.15) is 18.1 Å². The number of esters is 1. The second-order valence-electron chi connectivity index (χ2n) is 5.71. The summed E-state index contributed by atoms with van der Waals surface area (Å²) in [7, 11) is 0. The van der Waals surface area contributed by atoms with Gasteiger partial charge in [0.15, 0.2) is 0 Å². The fourth-order valence-corrected chi connectivity index (χ4v) is 2.67. The first-order valence-electron chi connectivity index (χ1n) is 7.69. The van der Waals surface area contributed by atoms with Crippen molar-refractivity contribution in [3.63, 3.8) is 0 Å². The van der Waals surface area contributed by atoms with Crippen LogP contribution in [0.15, 0.2) is 48.5 Å². The molecular formula is C19H16ClFN2O2. The third kappa shape index (κ3) is 4.06. The predicted molar refractivity (Wildman–Crippen MR) is 94.2 cm³/mol. The Balaban J connectivity index is 2.00. The van der Waals surface area contributed by atoms with Gasteiger partial charge in [-0.15, -0.1) is 5.10 Å². The summed E-state index contributed by atoms with van der Waals surface area (Å²) in [6.07, 6.45) is 0. The Morgan fingerprint density at radius 2 is 1.92 bits per heavy atom. The summed E-state index contributed by atoms with van der Waals surface area (Å²) in [5, 5.41) is 5.01. The lowest BCUT2D eigenvalue weighted by Crippen LogP contribution is -2.06. The van der Waals surface area contributed by atoms with Crippen molar-refractivity contribution in [1.82, 2.24) is 9.78 Å². The summed E-state index contributed by atoms with van der Waals surface area (Å²) in [4.78, 5) is 11.2. The molecule has 0 spiro atoms. The molecule has 3 rings (SSSR count). The highest BCUT2D eigenvalue weighted by atomic mass is 35.5. The van der Waals surface area contributed by atoms with Gasteiger partial charge in [-0.3, -0.25) is 9.48 Å². The molecule has 2 aromatic carbocycles. The van der Waals surface area contributed by atoms with Crippen LogP contribution < -0.4 is 4.74 Å². The number of hydrogen-bond donors (Lipinski definition) is 0. The van der Waals surface area contributed by atoms with Crippen molar-refractivity contribution in [2.75, 3.05) is 0 Å². The van der Waals surface area contributed by atoms with Crippen LogP contribution in [0.3, 0.4) is 0 Å². The molecular weight excluding hydrogens is 343 g/mol. The van der Waals surface area contributed by atoms with E-state index in [0.29, 0.717) is 17.3 Å². The van der Waals surface area contributed by atoms with Gasteiger partial charge in [-0.05, 0) is 48.4 Å². The third-order valence-corrected chi connectivity index (χ3v) is 4.12. The van der Waals surface area contributed by atoms with Gasteiger partial charge in [0.25, 0.3) is 0 Å². The van der Waals surface area contributed by atoms with Gasteiger partial charge < -0.3 is 4.74 Å². The van der Waals surface area contributed by atoms with Crippen LogP contribution in [0.2, 0.25) is 5.02 Å². The van der Waals surface area contributed by atoms with E-state index in [2.05, 4.69) is 5.10 Å². The van der Waals surface area contributed by atoms with E-state index in [-0.39, 0.29) is 11.7 Å². The molecule has 4 nitrogen and oxygen atoms in total. The topological polar surface area (TPSA) is 44.1 Å². The van der Waals surface area contributed by atoms with Gasteiger partial charge in [0.05, 0.1) is 12.2 Å². The maximum Gasteiger partial charge on any atom is 0.309 e. The van der Waals surface area contributed by atoms with E-state index in [1.165, 1.54) is 19.1 Å². The number of hydrogen-bond acceptors (Lipinski definition) is 3. The van der Waals surface area contributed by atoms with Crippen molar-refractivity contribution in [2.45, 2.75) is 20.4 Å². The Kier molecular flexibility index (Phi) is 4.86. The van der Waals surface area contributed by atoms with E-state index < -0.39 is 5.97 Å². The predicted octanol–water partition coefficient (Wildman–Crippen LogP) is 4.62. The quantitative estimate of drug-likeness (QED) is 0.639. The molecule has 0 atom stereocenters. The summed E-state index contributed by atoms with van der Waals surface area (Å²) in [5.74, 6) is -0.570. The highest BCUT2D eigenvalue weighted by molar-refractivity contribution is 6.31. The highest BCUT2D eigenvalue weighted by Gasteiger charge is 2.13. The molecule has 0 fully saturated rings. The van der Waals surface area contributed by atoms with Gasteiger partial charge in [0.1, 0.15) is 5.82 Å². The van der Waals surface area contributed by atoms with Gasteiger partial charge in [0.2, 0.25) is 5.88 Å². The minimum Gasteiger partial charge on any atom is -0.406 e. The molecule has 0 saturated carbocycles. The Labute approximate surface area is 149 Å². The minimum absolute atomic E-state index is 0.199. The number of rotatable bonds is 4. The summed E-state index contributed by atoms with van der Waals surface area (Å²) >= 11 is 6.19. The Morgan fingerprint density at radius 1 is 1.20 bits per heavy atom. The lowest BCUT2D eigenvalue weighted by molar-refractivity contribution is -0.132. The zero-order valence-electron chi connectivity index (χ0n) is 13.8. The largest absolute Gasteiger partial charge is 0.406 e. The van der Waals surface area contributed by atoms with E-state index >= 15 is 0 Å². The minimum atomic E-state index is -0.450. The van der Waals surface area contributed by atoms with Crippen LogP contribution in [-0.4, -0.2) is 15.7 Å². The summed E-state index contributed by atoms with van der Waals surface area (Å²) < 4.78 is 20.0. The van der Waals surface area contributed by atoms with Crippen molar-refractivity contribution in [3.8, 4) is 17.1 Å². The third-order valence-electron chi connectivity index (χ3n) is 3.71. The molecule has 1 aromatic heterocycles. The fraction of sp³-hybridized carbons (Fsp3) is 0.158. The average Bonchev–Trinajstić information content (AvgIpc) is 2.93. The first-order valence-corrected chi connectivity index (χ1v) is 8.07. The van der Waals surface area contributed by atoms with Gasteiger partial charge in [0, 0.05) is 23.6 Å². The maximum atomic E-state index is 13.2. The van der Waals surface area contributed by atoms with Crippen LogP contribution >= 0.6 is 11.6 Å². The number of halogens is 2. The summed E-state index contributed by atoms with van der Waals surface area (Å²) in [5.41, 5.74) is 3.43. The number of carbonyl (C=O) groups excluding carboxylic acids is 1. The second-order valence-corrected chi connectivity index (χ2v) is 6.12. The van der Waals surface area contributed by atoms with Gasteiger partial charge in [-0.2, -0.15) is 0 Å². The fourth-order valence-electron chi connectivity index (χ4n) is 2.47. The zero-order valence-corrected chi connectivity index (χ0v) is 14.5. The van der Waals surface area contributed by atoms with E-state index in [9.17, 15) is 9.18 Å². The molecule has 0 aliphatic heterocycles. The molecule has 1 heterocycles. The van der Waals surface area contributed by atoms with Crippen molar-refractivity contribution in [3.05, 3.63) is 70.5 Å². The van der Waals surface area contributed by atoms with Crippen LogP contribution in [0.5, 0.6) is 5.88 Å². The molecule has 0 bridgehead atoms. The molecule has 25 heavy (non-hydrogen) atoms. The molecule has 0 aliphatic rings. The number of carbonyl (C=O) groups is 1. The van der Waals surface area contributed by atoms with Crippen molar-refractivity contribution in [2.24, 2.45) is 0 Å².